The van der Waals surface area contributed by atoms with E-state index in [1.807, 2.05) is 96.9 Å². The molecule has 11 aliphatic heterocycles. The Morgan fingerprint density at radius 3 is 1.63 bits per heavy atom. The summed E-state index contributed by atoms with van der Waals surface area (Å²) in [6, 6.07) is 0. The molecule has 17 fully saturated rings. The van der Waals surface area contributed by atoms with E-state index in [1.165, 1.54) is 32.1 Å². The minimum absolute atomic E-state index is 0.0182. The van der Waals surface area contributed by atoms with Gasteiger partial charge in [-0.25, -0.2) is 0 Å². The number of rotatable bonds is 0. The zero-order valence-electron chi connectivity index (χ0n) is 52.8. The van der Waals surface area contributed by atoms with Crippen LogP contribution in [0.15, 0.2) is 0 Å². The molecule has 0 spiro atoms. The fourth-order valence-electron chi connectivity index (χ4n) is 13.6. The van der Waals surface area contributed by atoms with Gasteiger partial charge in [-0.15, -0.1) is 0 Å². The third kappa shape index (κ3) is 20.8. The first kappa shape index (κ1) is 74.3. The Morgan fingerprint density at radius 1 is 0.458 bits per heavy atom. The molecule has 0 N–H and O–H groups in total. The number of ether oxygens (including phenoxy) is 9. The van der Waals surface area contributed by atoms with Gasteiger partial charge in [0.25, 0.3) is 20.2 Å². The molecule has 6 saturated carbocycles. The number of carbonyl (C=O) groups is 5. The van der Waals surface area contributed by atoms with Crippen LogP contribution < -0.4 is 0 Å². The van der Waals surface area contributed by atoms with Crippen molar-refractivity contribution < 1.29 is 91.8 Å². The molecule has 20 nitrogen and oxygen atoms in total. The summed E-state index contributed by atoms with van der Waals surface area (Å²) in [5.74, 6) is 4.37. The maximum absolute atomic E-state index is 11.4. The number of hydrogen-bond acceptors (Lipinski definition) is 20. The lowest BCUT2D eigenvalue weighted by Crippen LogP contribution is -2.30. The maximum Gasteiger partial charge on any atom is 0.309 e. The Kier molecular flexibility index (Phi) is 33.7. The monoisotopic (exact) mass is 1220 g/mol. The second kappa shape index (κ2) is 37.6. The highest BCUT2D eigenvalue weighted by Crippen LogP contribution is 2.54. The first-order chi connectivity index (χ1) is 40.1. The molecule has 16 unspecified atom stereocenters. The Balaban J connectivity index is 0.000000246. The van der Waals surface area contributed by atoms with Crippen molar-refractivity contribution in [3.63, 3.8) is 0 Å². The third-order valence-electron chi connectivity index (χ3n) is 16.7. The van der Waals surface area contributed by atoms with Gasteiger partial charge >= 0.3 is 29.8 Å². The summed E-state index contributed by atoms with van der Waals surface area (Å²) in [5, 5.41) is -0.133. The van der Waals surface area contributed by atoms with Gasteiger partial charge in [0.15, 0.2) is 25.3 Å². The van der Waals surface area contributed by atoms with Crippen LogP contribution in [-0.4, -0.2) is 139 Å². The molecule has 17 rings (SSSR count). The Bertz CT molecular complexity index is 2070. The molecule has 0 aromatic rings. The number of cyclic esters (lactones) is 1. The summed E-state index contributed by atoms with van der Waals surface area (Å²) in [6.45, 7) is 30.1. The lowest BCUT2D eigenvalue weighted by atomic mass is 9.68. The van der Waals surface area contributed by atoms with Crippen molar-refractivity contribution in [2.45, 2.75) is 279 Å². The molecule has 6 aliphatic carbocycles. The highest BCUT2D eigenvalue weighted by atomic mass is 32.2. The maximum atomic E-state index is 11.4. The molecule has 22 heteroatoms. The number of fused-ring (bicyclic) bond motifs is 8. The topological polar surface area (TPSA) is 255 Å². The van der Waals surface area contributed by atoms with E-state index in [-0.39, 0.29) is 108 Å². The Hall–Kier alpha value is -2.99. The van der Waals surface area contributed by atoms with Gasteiger partial charge in [0.05, 0.1) is 68.0 Å². The number of carbonyl (C=O) groups excluding carboxylic acids is 5. The van der Waals surface area contributed by atoms with E-state index in [1.54, 1.807) is 0 Å². The summed E-state index contributed by atoms with van der Waals surface area (Å²) in [5.41, 5.74) is 0. The van der Waals surface area contributed by atoms with Crippen molar-refractivity contribution in [1.29, 1.82) is 0 Å². The van der Waals surface area contributed by atoms with E-state index in [9.17, 15) is 40.8 Å². The summed E-state index contributed by atoms with van der Waals surface area (Å²) < 4.78 is 98.4. The van der Waals surface area contributed by atoms with Crippen molar-refractivity contribution in [3.8, 4) is 0 Å². The van der Waals surface area contributed by atoms with Crippen molar-refractivity contribution in [2.75, 3.05) is 32.4 Å². The number of hydrogen-bond donors (Lipinski definition) is 0. The smallest absolute Gasteiger partial charge is 0.309 e. The lowest BCUT2D eigenvalue weighted by Gasteiger charge is -2.35. The van der Waals surface area contributed by atoms with Crippen LogP contribution in [0.3, 0.4) is 0 Å². The molecule has 0 radical (unpaired) electrons. The quantitative estimate of drug-likeness (QED) is 0.124. The van der Waals surface area contributed by atoms with Gasteiger partial charge in [-0.05, 0) is 108 Å². The van der Waals surface area contributed by atoms with Crippen LogP contribution in [0.4, 0.5) is 0 Å². The summed E-state index contributed by atoms with van der Waals surface area (Å²) in [4.78, 5) is 54.3. The molecule has 6 bridgehead atoms. The van der Waals surface area contributed by atoms with Crippen molar-refractivity contribution in [3.05, 3.63) is 0 Å². The van der Waals surface area contributed by atoms with Crippen LogP contribution in [0.25, 0.3) is 0 Å². The van der Waals surface area contributed by atoms with E-state index in [0.717, 1.165) is 82.7 Å². The minimum Gasteiger partial charge on any atom is -0.465 e. The normalized spacial score (nSPS) is 38.3. The van der Waals surface area contributed by atoms with Gasteiger partial charge in [0, 0.05) is 24.2 Å². The van der Waals surface area contributed by atoms with Gasteiger partial charge in [0.1, 0.15) is 30.5 Å². The molecule has 83 heavy (non-hydrogen) atoms. The van der Waals surface area contributed by atoms with Gasteiger partial charge < -0.3 is 42.6 Å². The predicted octanol–water partition coefficient (Wildman–Crippen LogP) is 10.7. The van der Waals surface area contributed by atoms with Crippen molar-refractivity contribution in [2.24, 2.45) is 47.3 Å². The van der Waals surface area contributed by atoms with Gasteiger partial charge in [-0.1, -0.05) is 103 Å². The molecule has 0 aromatic carbocycles. The third-order valence-corrected chi connectivity index (χ3v) is 19.8. The predicted molar refractivity (Wildman–Crippen MR) is 312 cm³/mol. The SMILES string of the molecule is CC.CC.CC.CC.CC.CC.CC.O=C1CC2CCCC2O1.O=C1CC2OC3OCOC3C2O1.O=C1CC2OCCC2O1.O=C1OC2CC3CC(C2)CC1C3.O=C1OCC2CCCC12.O=S1(=O)CCCO1.O=S1(=O)OC2CC3CC2C1C3. The second-order valence-electron chi connectivity index (χ2n) is 21.4. The first-order valence-electron chi connectivity index (χ1n) is 32.4. The molecular weight excluding hydrogens is 1120 g/mol. The van der Waals surface area contributed by atoms with Crippen LogP contribution in [0.2, 0.25) is 0 Å². The van der Waals surface area contributed by atoms with Crippen LogP contribution in [0.5, 0.6) is 0 Å². The standard InChI is InChI=1S/C10H14O2.C7H8O5.C7H10O3S.2C7H10O2.C6H8O3.C3H6O3S.7C2H6/c11-10-8-2-6-1-7(3-8)5-9(4-6)12-10;8-4-1-3-5(12-4)6-7(11-3)10-2-9-6;8-11(9)7-3-4-1-5(7)6(2-4)10-11;8-7-6-3-1-2-5(6)4-9-7;8-7-4-5-2-1-3-6(5)9-7;7-6-3-5-4(9-6)1-2-8-5;4-7(5)3-1-2-6-7;7*1-2/h6-9H,1-5H2;3,5-7H,1-2H2;4-7H,1-3H2;2*5-6H,1-4H2;4-5H,1-3H2;1-3H2;7*1-2H3. The molecule has 0 amide bonds. The fraction of sp³-hybridized carbons (Fsp3) is 0.918. The van der Waals surface area contributed by atoms with E-state index in [2.05, 4.69) is 4.18 Å². The summed E-state index contributed by atoms with van der Waals surface area (Å²) in [6.07, 6.45) is 18.8. The van der Waals surface area contributed by atoms with E-state index in [4.69, 9.17) is 46.8 Å². The van der Waals surface area contributed by atoms with Crippen LogP contribution in [0, 0.1) is 47.3 Å². The summed E-state index contributed by atoms with van der Waals surface area (Å²) >= 11 is 0. The fourth-order valence-corrected chi connectivity index (χ4v) is 16.5. The molecule has 11 saturated heterocycles. The van der Waals surface area contributed by atoms with Crippen LogP contribution in [0.1, 0.15) is 219 Å². The van der Waals surface area contributed by atoms with E-state index >= 15 is 0 Å². The molecular formula is C61H108O20S2. The zero-order valence-corrected chi connectivity index (χ0v) is 54.5. The average molecular weight is 1230 g/mol. The van der Waals surface area contributed by atoms with E-state index < -0.39 is 20.2 Å². The molecule has 17 aliphatic rings. The first-order valence-corrected chi connectivity index (χ1v) is 35.4. The Labute approximate surface area is 498 Å². The lowest BCUT2D eigenvalue weighted by molar-refractivity contribution is -0.151. The van der Waals surface area contributed by atoms with Gasteiger partial charge in [-0.3, -0.25) is 32.3 Å². The number of esters is 5. The molecule has 16 atom stereocenters. The second-order valence-corrected chi connectivity index (χ2v) is 24.9. The molecule has 0 aromatic heterocycles. The average Bonchev–Trinajstić information content (AvgIpc) is 2.24. The highest BCUT2D eigenvalue weighted by Gasteiger charge is 2.59. The molecule has 484 valence electrons. The van der Waals surface area contributed by atoms with Gasteiger partial charge in [-0.2, -0.15) is 16.8 Å². The van der Waals surface area contributed by atoms with E-state index in [0.29, 0.717) is 68.7 Å². The Morgan fingerprint density at radius 2 is 1.06 bits per heavy atom. The van der Waals surface area contributed by atoms with Crippen LogP contribution >= 0.6 is 0 Å². The van der Waals surface area contributed by atoms with Crippen molar-refractivity contribution >= 4 is 50.1 Å². The summed E-state index contributed by atoms with van der Waals surface area (Å²) in [7, 11) is -6.18. The molecule has 11 heterocycles. The largest absolute Gasteiger partial charge is 0.465 e. The zero-order chi connectivity index (χ0) is 62.0. The minimum atomic E-state index is -3.13. The highest BCUT2D eigenvalue weighted by molar-refractivity contribution is 7.87. The van der Waals surface area contributed by atoms with Crippen molar-refractivity contribution in [1.82, 2.24) is 0 Å². The van der Waals surface area contributed by atoms with Crippen LogP contribution in [-0.2, 0) is 95.2 Å². The van der Waals surface area contributed by atoms with Gasteiger partial charge in [0.2, 0.25) is 0 Å².